The van der Waals surface area contributed by atoms with E-state index in [2.05, 4.69) is 38.2 Å². The summed E-state index contributed by atoms with van der Waals surface area (Å²) in [5.41, 5.74) is 1.36. The molecule has 1 atom stereocenters. The molecule has 0 amide bonds. The highest BCUT2D eigenvalue weighted by molar-refractivity contribution is 8.14. The average molecular weight is 264 g/mol. The number of nitrogens with one attached hydrogen (secondary N) is 1. The van der Waals surface area contributed by atoms with Crippen molar-refractivity contribution in [1.82, 2.24) is 5.32 Å². The molecule has 0 radical (unpaired) electrons. The lowest BCUT2D eigenvalue weighted by Gasteiger charge is -2.16. The van der Waals surface area contributed by atoms with Crippen molar-refractivity contribution < 1.29 is 4.74 Å². The lowest BCUT2D eigenvalue weighted by atomic mass is 10.1. The van der Waals surface area contributed by atoms with Crippen LogP contribution in [0.4, 0.5) is 0 Å². The quantitative estimate of drug-likeness (QED) is 0.910. The van der Waals surface area contributed by atoms with Crippen LogP contribution in [0.2, 0.25) is 0 Å². The largest absolute Gasteiger partial charge is 0.497 e. The predicted octanol–water partition coefficient (Wildman–Crippen LogP) is 3.23. The highest BCUT2D eigenvalue weighted by atomic mass is 32.2. The number of benzene rings is 1. The van der Waals surface area contributed by atoms with Crippen molar-refractivity contribution in [1.29, 1.82) is 0 Å². The van der Waals surface area contributed by atoms with Gasteiger partial charge in [-0.15, -0.1) is 0 Å². The highest BCUT2D eigenvalue weighted by Crippen LogP contribution is 2.26. The molecule has 1 aliphatic rings. The predicted molar refractivity (Wildman–Crippen MR) is 78.5 cm³/mol. The Balaban J connectivity index is 2.07. The maximum Gasteiger partial charge on any atom is 0.157 e. The number of methoxy groups -OCH3 is 1. The van der Waals surface area contributed by atoms with Crippen LogP contribution >= 0.6 is 11.8 Å². The van der Waals surface area contributed by atoms with Gasteiger partial charge in [0.15, 0.2) is 5.17 Å². The van der Waals surface area contributed by atoms with Crippen LogP contribution in [-0.2, 0) is 0 Å². The van der Waals surface area contributed by atoms with Gasteiger partial charge in [-0.1, -0.05) is 23.9 Å². The molecule has 0 aromatic heterocycles. The number of ether oxygens (including phenoxy) is 1. The number of thioether (sulfide) groups is 1. The zero-order valence-electron chi connectivity index (χ0n) is 11.4. The van der Waals surface area contributed by atoms with Crippen molar-refractivity contribution in [2.45, 2.75) is 32.4 Å². The zero-order chi connectivity index (χ0) is 13.2. The van der Waals surface area contributed by atoms with Gasteiger partial charge in [0.25, 0.3) is 0 Å². The molecule has 1 aromatic carbocycles. The lowest BCUT2D eigenvalue weighted by Crippen LogP contribution is -2.37. The Labute approximate surface area is 113 Å². The van der Waals surface area contributed by atoms with Gasteiger partial charge in [-0.25, -0.2) is 0 Å². The number of hydrogen-bond donors (Lipinski definition) is 1. The molecule has 18 heavy (non-hydrogen) atoms. The standard InChI is InChI=1S/C14H20N2OS/c1-10(11-5-7-12(17-4)8-6-11)15-13-16-14(2,3)9-18-13/h5-8,10H,9H2,1-4H3,(H,15,16). The Hall–Kier alpha value is -1.16. The van der Waals surface area contributed by atoms with Gasteiger partial charge in [0.05, 0.1) is 13.2 Å². The van der Waals surface area contributed by atoms with Gasteiger partial charge in [0, 0.05) is 11.3 Å². The zero-order valence-corrected chi connectivity index (χ0v) is 12.2. The van der Waals surface area contributed by atoms with E-state index >= 15 is 0 Å². The third-order valence-corrected chi connectivity index (χ3v) is 4.27. The number of hydrogen-bond acceptors (Lipinski definition) is 3. The van der Waals surface area contributed by atoms with Gasteiger partial charge < -0.3 is 10.1 Å². The molecule has 1 N–H and O–H groups in total. The Morgan fingerprint density at radius 1 is 1.33 bits per heavy atom. The van der Waals surface area contributed by atoms with Gasteiger partial charge in [-0.2, -0.15) is 0 Å². The first-order valence-corrected chi connectivity index (χ1v) is 7.11. The summed E-state index contributed by atoms with van der Waals surface area (Å²) in [6.45, 7) is 6.50. The van der Waals surface area contributed by atoms with Crippen molar-refractivity contribution in [3.63, 3.8) is 0 Å². The van der Waals surface area contributed by atoms with Crippen molar-refractivity contribution in [3.8, 4) is 5.75 Å². The van der Waals surface area contributed by atoms with Gasteiger partial charge in [0.1, 0.15) is 5.75 Å². The Morgan fingerprint density at radius 3 is 2.50 bits per heavy atom. The normalized spacial score (nSPS) is 21.7. The molecule has 1 aliphatic heterocycles. The second kappa shape index (κ2) is 5.22. The Kier molecular flexibility index (Phi) is 3.85. The molecule has 1 unspecified atom stereocenters. The fourth-order valence-corrected chi connectivity index (χ4v) is 2.96. The van der Waals surface area contributed by atoms with Crippen LogP contribution in [0, 0.1) is 0 Å². The van der Waals surface area contributed by atoms with E-state index in [1.54, 1.807) is 18.9 Å². The fourth-order valence-electron chi connectivity index (χ4n) is 1.81. The van der Waals surface area contributed by atoms with Crippen LogP contribution in [0.15, 0.2) is 29.3 Å². The number of amidine groups is 1. The van der Waals surface area contributed by atoms with Crippen molar-refractivity contribution in [2.24, 2.45) is 4.99 Å². The van der Waals surface area contributed by atoms with E-state index in [0.29, 0.717) is 0 Å². The minimum absolute atomic E-state index is 0.156. The van der Waals surface area contributed by atoms with Crippen molar-refractivity contribution >= 4 is 16.9 Å². The third kappa shape index (κ3) is 3.19. The smallest absolute Gasteiger partial charge is 0.157 e. The molecule has 0 aliphatic carbocycles. The van der Waals surface area contributed by atoms with Crippen LogP contribution in [0.5, 0.6) is 5.75 Å². The Bertz CT molecular complexity index is 440. The topological polar surface area (TPSA) is 33.6 Å². The van der Waals surface area contributed by atoms with Gasteiger partial charge in [0.2, 0.25) is 0 Å². The summed E-state index contributed by atoms with van der Waals surface area (Å²) in [4.78, 5) is 4.73. The summed E-state index contributed by atoms with van der Waals surface area (Å²) >= 11 is 1.79. The number of rotatable bonds is 3. The first kappa shape index (κ1) is 13.3. The monoisotopic (exact) mass is 264 g/mol. The second-order valence-electron chi connectivity index (χ2n) is 5.18. The highest BCUT2D eigenvalue weighted by Gasteiger charge is 2.27. The molecule has 1 heterocycles. The Morgan fingerprint density at radius 2 is 2.00 bits per heavy atom. The van der Waals surface area contributed by atoms with E-state index < -0.39 is 0 Å². The SMILES string of the molecule is COc1ccc(C(C)N=C2NC(C)(C)CS2)cc1. The summed E-state index contributed by atoms with van der Waals surface area (Å²) in [6.07, 6.45) is 0. The third-order valence-electron chi connectivity index (χ3n) is 2.92. The molecular formula is C14H20N2OS. The molecule has 1 aromatic rings. The van der Waals surface area contributed by atoms with Crippen LogP contribution in [-0.4, -0.2) is 23.6 Å². The molecule has 0 bridgehead atoms. The molecule has 2 rings (SSSR count). The lowest BCUT2D eigenvalue weighted by molar-refractivity contribution is 0.414. The number of nitrogens with zero attached hydrogens (tertiary/aromatic N) is 1. The fraction of sp³-hybridized carbons (Fsp3) is 0.500. The summed E-state index contributed by atoms with van der Waals surface area (Å²) < 4.78 is 5.16. The summed E-state index contributed by atoms with van der Waals surface area (Å²) in [7, 11) is 1.68. The van der Waals surface area contributed by atoms with Gasteiger partial charge in [-0.05, 0) is 38.5 Å². The van der Waals surface area contributed by atoms with E-state index in [1.807, 2.05) is 12.1 Å². The first-order valence-electron chi connectivity index (χ1n) is 6.13. The molecule has 4 heteroatoms. The molecule has 3 nitrogen and oxygen atoms in total. The second-order valence-corrected chi connectivity index (χ2v) is 6.14. The van der Waals surface area contributed by atoms with Crippen molar-refractivity contribution in [3.05, 3.63) is 29.8 Å². The maximum absolute atomic E-state index is 5.16. The summed E-state index contributed by atoms with van der Waals surface area (Å²) in [5.74, 6) is 1.95. The molecule has 0 saturated carbocycles. The van der Waals surface area contributed by atoms with Crippen LogP contribution in [0.1, 0.15) is 32.4 Å². The van der Waals surface area contributed by atoms with E-state index in [0.717, 1.165) is 16.7 Å². The van der Waals surface area contributed by atoms with E-state index in [4.69, 9.17) is 9.73 Å². The van der Waals surface area contributed by atoms with Gasteiger partial charge >= 0.3 is 0 Å². The van der Waals surface area contributed by atoms with E-state index in [1.165, 1.54) is 5.56 Å². The van der Waals surface area contributed by atoms with Crippen LogP contribution < -0.4 is 10.1 Å². The molecule has 0 spiro atoms. The van der Waals surface area contributed by atoms with Crippen LogP contribution in [0.3, 0.4) is 0 Å². The average Bonchev–Trinajstić information content (AvgIpc) is 2.68. The minimum Gasteiger partial charge on any atom is -0.497 e. The molecule has 98 valence electrons. The molecule has 1 fully saturated rings. The van der Waals surface area contributed by atoms with Crippen LogP contribution in [0.25, 0.3) is 0 Å². The van der Waals surface area contributed by atoms with E-state index in [-0.39, 0.29) is 11.6 Å². The number of aliphatic imine (C=N–C) groups is 1. The van der Waals surface area contributed by atoms with Gasteiger partial charge in [-0.3, -0.25) is 4.99 Å². The summed E-state index contributed by atoms with van der Waals surface area (Å²) in [6, 6.07) is 8.26. The van der Waals surface area contributed by atoms with Crippen molar-refractivity contribution in [2.75, 3.05) is 12.9 Å². The maximum atomic E-state index is 5.16. The van der Waals surface area contributed by atoms with E-state index in [9.17, 15) is 0 Å². The first-order chi connectivity index (χ1) is 8.50. The molecule has 1 saturated heterocycles. The molecular weight excluding hydrogens is 244 g/mol. The summed E-state index contributed by atoms with van der Waals surface area (Å²) in [5, 5.41) is 4.49. The minimum atomic E-state index is 0.156.